The van der Waals surface area contributed by atoms with Gasteiger partial charge in [0, 0.05) is 23.0 Å². The lowest BCUT2D eigenvalue weighted by molar-refractivity contribution is 0.250. The average molecular weight is 275 g/mol. The van der Waals surface area contributed by atoms with Crippen LogP contribution in [0.1, 0.15) is 11.3 Å². The van der Waals surface area contributed by atoms with E-state index in [1.54, 1.807) is 11.8 Å². The van der Waals surface area contributed by atoms with Gasteiger partial charge >= 0.3 is 0 Å². The Labute approximate surface area is 95.8 Å². The first-order valence-electron chi connectivity index (χ1n) is 4.38. The molecule has 0 fully saturated rings. The van der Waals surface area contributed by atoms with E-state index in [4.69, 9.17) is 4.74 Å². The van der Waals surface area contributed by atoms with E-state index < -0.39 is 0 Å². The fraction of sp³-hybridized carbons (Fsp3) is 0.556. The molecule has 1 aromatic heterocycles. The topological polar surface area (TPSA) is 35.0 Å². The number of thioether (sulfide) groups is 1. The first-order chi connectivity index (χ1) is 6.74. The Morgan fingerprint density at radius 1 is 1.57 bits per heavy atom. The summed E-state index contributed by atoms with van der Waals surface area (Å²) in [6.45, 7) is 2.01. The summed E-state index contributed by atoms with van der Waals surface area (Å²) in [6, 6.07) is 0. The van der Waals surface area contributed by atoms with E-state index in [2.05, 4.69) is 25.9 Å². The molecule has 0 aliphatic carbocycles. The van der Waals surface area contributed by atoms with Crippen LogP contribution in [0.25, 0.3) is 0 Å². The predicted molar refractivity (Wildman–Crippen MR) is 60.5 cm³/mol. The van der Waals surface area contributed by atoms with Gasteiger partial charge in [-0.2, -0.15) is 4.98 Å². The molecule has 14 heavy (non-hydrogen) atoms. The molecule has 1 atom stereocenters. The summed E-state index contributed by atoms with van der Waals surface area (Å²) < 4.78 is 5.67. The predicted octanol–water partition coefficient (Wildman–Crippen LogP) is 2.21. The quantitative estimate of drug-likeness (QED) is 0.471. The van der Waals surface area contributed by atoms with Crippen molar-refractivity contribution in [3.63, 3.8) is 0 Å². The van der Waals surface area contributed by atoms with Gasteiger partial charge in [-0.25, -0.2) is 4.98 Å². The minimum absolute atomic E-state index is 0.218. The van der Waals surface area contributed by atoms with Gasteiger partial charge in [-0.15, -0.1) is 0 Å². The number of halogens is 1. The summed E-state index contributed by atoms with van der Waals surface area (Å²) in [7, 11) is 0. The summed E-state index contributed by atoms with van der Waals surface area (Å²) >= 11 is 4.96. The second-order valence-electron chi connectivity index (χ2n) is 3.18. The largest absolute Gasteiger partial charge is 0.473 e. The van der Waals surface area contributed by atoms with Crippen LogP contribution in [0.2, 0.25) is 0 Å². The molecule has 1 aromatic rings. The Bertz CT molecular complexity index is 359. The van der Waals surface area contributed by atoms with Gasteiger partial charge in [-0.3, -0.25) is 0 Å². The standard InChI is InChI=1S/C9H11BrN2OS/c1-5-7-3-6(4-10)13-8(7)12-9(11-5)14-2/h6H,3-4H2,1-2H3/t6-/m0/s1. The van der Waals surface area contributed by atoms with E-state index in [1.807, 2.05) is 13.2 Å². The first-order valence-corrected chi connectivity index (χ1v) is 6.73. The van der Waals surface area contributed by atoms with E-state index in [-0.39, 0.29) is 6.10 Å². The molecule has 0 saturated heterocycles. The molecule has 0 aromatic carbocycles. The minimum atomic E-state index is 0.218. The van der Waals surface area contributed by atoms with Crippen LogP contribution in [-0.4, -0.2) is 27.7 Å². The summed E-state index contributed by atoms with van der Waals surface area (Å²) in [4.78, 5) is 8.73. The fourth-order valence-electron chi connectivity index (χ4n) is 1.48. The molecule has 5 heteroatoms. The molecule has 0 unspecified atom stereocenters. The van der Waals surface area contributed by atoms with Crippen LogP contribution < -0.4 is 4.74 Å². The zero-order chi connectivity index (χ0) is 10.1. The molecule has 0 spiro atoms. The average Bonchev–Trinajstić information content (AvgIpc) is 2.61. The van der Waals surface area contributed by atoms with Gasteiger partial charge in [0.1, 0.15) is 6.10 Å². The molecule has 3 nitrogen and oxygen atoms in total. The molecular formula is C9H11BrN2OS. The second kappa shape index (κ2) is 4.06. The van der Waals surface area contributed by atoms with Crippen molar-refractivity contribution >= 4 is 27.7 Å². The Morgan fingerprint density at radius 2 is 2.36 bits per heavy atom. The van der Waals surface area contributed by atoms with Crippen molar-refractivity contribution in [2.24, 2.45) is 0 Å². The molecule has 2 heterocycles. The molecule has 76 valence electrons. The van der Waals surface area contributed by atoms with Crippen LogP contribution in [0.5, 0.6) is 5.88 Å². The Hall–Kier alpha value is -0.290. The minimum Gasteiger partial charge on any atom is -0.473 e. The highest BCUT2D eigenvalue weighted by atomic mass is 79.9. The Kier molecular flexibility index (Phi) is 2.97. The first kappa shape index (κ1) is 10.2. The zero-order valence-electron chi connectivity index (χ0n) is 8.08. The highest BCUT2D eigenvalue weighted by Crippen LogP contribution is 2.30. The summed E-state index contributed by atoms with van der Waals surface area (Å²) in [5.41, 5.74) is 2.20. The molecule has 0 radical (unpaired) electrons. The van der Waals surface area contributed by atoms with Crippen molar-refractivity contribution in [2.45, 2.75) is 24.6 Å². The number of hydrogen-bond acceptors (Lipinski definition) is 4. The van der Waals surface area contributed by atoms with Crippen LogP contribution in [0.15, 0.2) is 5.16 Å². The number of hydrogen-bond donors (Lipinski definition) is 0. The lowest BCUT2D eigenvalue weighted by Gasteiger charge is -2.04. The third-order valence-corrected chi connectivity index (χ3v) is 3.49. The normalized spacial score (nSPS) is 19.2. The maximum Gasteiger partial charge on any atom is 0.221 e. The van der Waals surface area contributed by atoms with Crippen LogP contribution in [0, 0.1) is 6.92 Å². The molecule has 1 aliphatic heterocycles. The SMILES string of the molecule is CSc1nc(C)c2c(n1)O[C@H](CBr)C2. The Balaban J connectivity index is 2.37. The third kappa shape index (κ3) is 1.75. The van der Waals surface area contributed by atoms with Crippen molar-refractivity contribution in [1.29, 1.82) is 0 Å². The lowest BCUT2D eigenvalue weighted by atomic mass is 10.1. The maximum atomic E-state index is 5.67. The maximum absolute atomic E-state index is 5.67. The van der Waals surface area contributed by atoms with Crippen molar-refractivity contribution in [3.8, 4) is 5.88 Å². The van der Waals surface area contributed by atoms with Gasteiger partial charge < -0.3 is 4.74 Å². The van der Waals surface area contributed by atoms with Crippen molar-refractivity contribution < 1.29 is 4.74 Å². The highest BCUT2D eigenvalue weighted by molar-refractivity contribution is 9.09. The van der Waals surface area contributed by atoms with Gasteiger partial charge in [-0.1, -0.05) is 27.7 Å². The van der Waals surface area contributed by atoms with Crippen LogP contribution in [0.3, 0.4) is 0 Å². The van der Waals surface area contributed by atoms with Gasteiger partial charge in [0.25, 0.3) is 0 Å². The second-order valence-corrected chi connectivity index (χ2v) is 4.60. The number of aryl methyl sites for hydroxylation is 1. The third-order valence-electron chi connectivity index (χ3n) is 2.22. The number of fused-ring (bicyclic) bond motifs is 1. The Morgan fingerprint density at radius 3 is 3.00 bits per heavy atom. The summed E-state index contributed by atoms with van der Waals surface area (Å²) in [5.74, 6) is 0.770. The van der Waals surface area contributed by atoms with Gasteiger partial charge in [0.2, 0.25) is 5.88 Å². The van der Waals surface area contributed by atoms with E-state index in [1.165, 1.54) is 0 Å². The number of alkyl halides is 1. The van der Waals surface area contributed by atoms with Crippen LogP contribution in [-0.2, 0) is 6.42 Å². The monoisotopic (exact) mass is 274 g/mol. The van der Waals surface area contributed by atoms with E-state index in [0.717, 1.165) is 34.0 Å². The lowest BCUT2D eigenvalue weighted by Crippen LogP contribution is -2.14. The summed E-state index contributed by atoms with van der Waals surface area (Å²) in [6.07, 6.45) is 3.11. The smallest absolute Gasteiger partial charge is 0.221 e. The van der Waals surface area contributed by atoms with Crippen LogP contribution >= 0.6 is 27.7 Å². The molecule has 0 saturated carbocycles. The molecule has 0 bridgehead atoms. The highest BCUT2D eigenvalue weighted by Gasteiger charge is 2.26. The van der Waals surface area contributed by atoms with Crippen molar-refractivity contribution in [2.75, 3.05) is 11.6 Å². The molecular weight excluding hydrogens is 264 g/mol. The van der Waals surface area contributed by atoms with Gasteiger partial charge in [0.05, 0.1) is 0 Å². The fourth-order valence-corrected chi connectivity index (χ4v) is 2.25. The number of rotatable bonds is 2. The zero-order valence-corrected chi connectivity index (χ0v) is 10.5. The molecule has 0 amide bonds. The van der Waals surface area contributed by atoms with E-state index >= 15 is 0 Å². The molecule has 0 N–H and O–H groups in total. The van der Waals surface area contributed by atoms with Gasteiger partial charge in [-0.05, 0) is 13.2 Å². The molecule has 1 aliphatic rings. The summed E-state index contributed by atoms with van der Waals surface area (Å²) in [5, 5.41) is 1.63. The van der Waals surface area contributed by atoms with Gasteiger partial charge in [0.15, 0.2) is 5.16 Å². The van der Waals surface area contributed by atoms with E-state index in [0.29, 0.717) is 0 Å². The van der Waals surface area contributed by atoms with E-state index in [9.17, 15) is 0 Å². The number of nitrogens with zero attached hydrogens (tertiary/aromatic N) is 2. The number of ether oxygens (including phenoxy) is 1. The number of aromatic nitrogens is 2. The molecule has 2 rings (SSSR count). The van der Waals surface area contributed by atoms with Crippen molar-refractivity contribution in [3.05, 3.63) is 11.3 Å². The van der Waals surface area contributed by atoms with Crippen molar-refractivity contribution in [1.82, 2.24) is 9.97 Å². The van der Waals surface area contributed by atoms with Crippen LogP contribution in [0.4, 0.5) is 0 Å².